The smallest absolute Gasteiger partial charge is 0.278 e. The van der Waals surface area contributed by atoms with Gasteiger partial charge in [-0.25, -0.2) is 5.84 Å². The fourth-order valence-corrected chi connectivity index (χ4v) is 1.74. The number of hydrazine groups is 1. The fraction of sp³-hybridized carbons (Fsp3) is 0.545. The summed E-state index contributed by atoms with van der Waals surface area (Å²) in [6, 6.07) is 3.20. The Hall–Kier alpha value is -1.93. The van der Waals surface area contributed by atoms with E-state index in [4.69, 9.17) is 10.6 Å². The van der Waals surface area contributed by atoms with Gasteiger partial charge in [0.05, 0.1) is 17.1 Å². The molecule has 1 aromatic heterocycles. The molecule has 0 aromatic carbocycles. The van der Waals surface area contributed by atoms with E-state index in [1.807, 2.05) is 7.05 Å². The molecule has 0 spiro atoms. The Morgan fingerprint density at radius 1 is 1.63 bits per heavy atom. The van der Waals surface area contributed by atoms with Crippen LogP contribution in [-0.2, 0) is 0 Å². The van der Waals surface area contributed by atoms with Crippen LogP contribution in [0.4, 0.5) is 11.5 Å². The van der Waals surface area contributed by atoms with E-state index in [9.17, 15) is 10.1 Å². The largest absolute Gasteiger partial charge is 0.476 e. The van der Waals surface area contributed by atoms with E-state index in [0.717, 1.165) is 6.54 Å². The SMILES string of the molecule is CN(CCOc1cc([N+](=O)[O-])cc(NN)n1)C1CC1. The van der Waals surface area contributed by atoms with Gasteiger partial charge in [-0.3, -0.25) is 10.1 Å². The van der Waals surface area contributed by atoms with Crippen molar-refractivity contribution in [3.63, 3.8) is 0 Å². The summed E-state index contributed by atoms with van der Waals surface area (Å²) in [7, 11) is 2.04. The van der Waals surface area contributed by atoms with Gasteiger partial charge in [-0.15, -0.1) is 0 Å². The van der Waals surface area contributed by atoms with Crippen molar-refractivity contribution in [2.24, 2.45) is 5.84 Å². The van der Waals surface area contributed by atoms with Crippen LogP contribution in [0.3, 0.4) is 0 Å². The molecule has 1 aliphatic carbocycles. The van der Waals surface area contributed by atoms with Gasteiger partial charge in [0.1, 0.15) is 6.61 Å². The molecular weight excluding hydrogens is 250 g/mol. The minimum Gasteiger partial charge on any atom is -0.476 e. The molecule has 0 saturated heterocycles. The highest BCUT2D eigenvalue weighted by Crippen LogP contribution is 2.25. The van der Waals surface area contributed by atoms with Gasteiger partial charge in [0.15, 0.2) is 5.82 Å². The van der Waals surface area contributed by atoms with Gasteiger partial charge >= 0.3 is 0 Å². The van der Waals surface area contributed by atoms with E-state index in [1.54, 1.807) is 0 Å². The Balaban J connectivity index is 1.94. The number of ether oxygens (including phenoxy) is 1. The third-order valence-corrected chi connectivity index (χ3v) is 3.01. The predicted molar refractivity (Wildman–Crippen MR) is 69.8 cm³/mol. The number of hydrogen-bond acceptors (Lipinski definition) is 7. The summed E-state index contributed by atoms with van der Waals surface area (Å²) >= 11 is 0. The Bertz CT molecular complexity index is 464. The molecule has 0 atom stereocenters. The third-order valence-electron chi connectivity index (χ3n) is 3.01. The number of pyridine rings is 1. The number of nitrogens with zero attached hydrogens (tertiary/aromatic N) is 3. The molecule has 2 rings (SSSR count). The van der Waals surface area contributed by atoms with Crippen molar-refractivity contribution in [3.8, 4) is 5.88 Å². The number of nitrogens with one attached hydrogen (secondary N) is 1. The molecule has 0 bridgehead atoms. The summed E-state index contributed by atoms with van der Waals surface area (Å²) in [6.45, 7) is 1.20. The monoisotopic (exact) mass is 267 g/mol. The molecule has 19 heavy (non-hydrogen) atoms. The molecule has 0 amide bonds. The first-order valence-corrected chi connectivity index (χ1v) is 6.06. The number of likely N-dealkylation sites (N-methyl/N-ethyl adjacent to an activating group) is 1. The molecule has 3 N–H and O–H groups in total. The molecule has 0 radical (unpaired) electrons. The number of nitrogens with two attached hydrogens (primary N) is 1. The molecule has 1 aromatic rings. The number of anilines is 1. The van der Waals surface area contributed by atoms with Gasteiger partial charge in [-0.1, -0.05) is 0 Å². The standard InChI is InChI=1S/C11H17N5O3/c1-15(8-2-3-8)4-5-19-11-7-9(16(17)18)6-10(13-11)14-12/h6-8H,2-5,12H2,1H3,(H,13,14). The minimum absolute atomic E-state index is 0.103. The molecule has 1 heterocycles. The lowest BCUT2D eigenvalue weighted by molar-refractivity contribution is -0.384. The highest BCUT2D eigenvalue weighted by atomic mass is 16.6. The topological polar surface area (TPSA) is 107 Å². The summed E-state index contributed by atoms with van der Waals surface area (Å²) in [5, 5.41) is 10.7. The van der Waals surface area contributed by atoms with Gasteiger partial charge < -0.3 is 15.1 Å². The van der Waals surface area contributed by atoms with E-state index < -0.39 is 4.92 Å². The van der Waals surface area contributed by atoms with E-state index >= 15 is 0 Å². The van der Waals surface area contributed by atoms with Crippen LogP contribution in [0.15, 0.2) is 12.1 Å². The molecular formula is C11H17N5O3. The summed E-state index contributed by atoms with van der Waals surface area (Å²) in [6.07, 6.45) is 2.46. The van der Waals surface area contributed by atoms with Gasteiger partial charge in [-0.05, 0) is 19.9 Å². The summed E-state index contributed by atoms with van der Waals surface area (Å²) in [5.41, 5.74) is 2.18. The van der Waals surface area contributed by atoms with Crippen LogP contribution >= 0.6 is 0 Å². The highest BCUT2D eigenvalue weighted by molar-refractivity contribution is 5.47. The van der Waals surface area contributed by atoms with Crippen LogP contribution in [0.1, 0.15) is 12.8 Å². The molecule has 8 nitrogen and oxygen atoms in total. The average molecular weight is 267 g/mol. The quantitative estimate of drug-likeness (QED) is 0.426. The minimum atomic E-state index is -0.508. The van der Waals surface area contributed by atoms with E-state index in [1.165, 1.54) is 25.0 Å². The Morgan fingerprint density at radius 3 is 2.95 bits per heavy atom. The molecule has 1 saturated carbocycles. The Labute approximate surface area is 110 Å². The maximum absolute atomic E-state index is 10.7. The Morgan fingerprint density at radius 2 is 2.37 bits per heavy atom. The lowest BCUT2D eigenvalue weighted by atomic mass is 10.4. The van der Waals surface area contributed by atoms with Crippen molar-refractivity contribution in [2.75, 3.05) is 25.6 Å². The molecule has 1 fully saturated rings. The lowest BCUT2D eigenvalue weighted by Crippen LogP contribution is -2.26. The maximum Gasteiger partial charge on any atom is 0.278 e. The summed E-state index contributed by atoms with van der Waals surface area (Å²) < 4.78 is 5.44. The number of hydrogen-bond donors (Lipinski definition) is 2. The first kappa shape index (κ1) is 13.5. The lowest BCUT2D eigenvalue weighted by Gasteiger charge is -2.15. The van der Waals surface area contributed by atoms with Crippen molar-refractivity contribution in [1.29, 1.82) is 0 Å². The fourth-order valence-electron chi connectivity index (χ4n) is 1.74. The highest BCUT2D eigenvalue weighted by Gasteiger charge is 2.25. The van der Waals surface area contributed by atoms with Crippen molar-refractivity contribution < 1.29 is 9.66 Å². The molecule has 8 heteroatoms. The zero-order chi connectivity index (χ0) is 13.8. The van der Waals surface area contributed by atoms with Crippen LogP contribution in [0.2, 0.25) is 0 Å². The molecule has 104 valence electrons. The van der Waals surface area contributed by atoms with Crippen molar-refractivity contribution in [1.82, 2.24) is 9.88 Å². The van der Waals surface area contributed by atoms with Gasteiger partial charge in [0.2, 0.25) is 5.88 Å². The predicted octanol–water partition coefficient (Wildman–Crippen LogP) is 0.748. The maximum atomic E-state index is 10.7. The van der Waals surface area contributed by atoms with Gasteiger partial charge in [0, 0.05) is 12.6 Å². The number of nitro groups is 1. The Kier molecular flexibility index (Phi) is 4.13. The van der Waals surface area contributed by atoms with E-state index in [0.29, 0.717) is 12.6 Å². The van der Waals surface area contributed by atoms with Gasteiger partial charge in [-0.2, -0.15) is 4.98 Å². The molecule has 0 unspecified atom stereocenters. The first-order chi connectivity index (χ1) is 9.10. The van der Waals surface area contributed by atoms with E-state index in [2.05, 4.69) is 15.3 Å². The zero-order valence-electron chi connectivity index (χ0n) is 10.7. The first-order valence-electron chi connectivity index (χ1n) is 6.06. The second kappa shape index (κ2) is 5.81. The number of rotatable bonds is 7. The van der Waals surface area contributed by atoms with Crippen LogP contribution in [0, 0.1) is 10.1 Å². The third kappa shape index (κ3) is 3.76. The van der Waals surface area contributed by atoms with Crippen molar-refractivity contribution in [3.05, 3.63) is 22.2 Å². The zero-order valence-corrected chi connectivity index (χ0v) is 10.7. The normalized spacial score (nSPS) is 14.5. The van der Waals surface area contributed by atoms with Gasteiger partial charge in [0.25, 0.3) is 5.69 Å². The molecule has 0 aliphatic heterocycles. The van der Waals surface area contributed by atoms with Crippen LogP contribution in [0.25, 0.3) is 0 Å². The van der Waals surface area contributed by atoms with Crippen molar-refractivity contribution in [2.45, 2.75) is 18.9 Å². The van der Waals surface area contributed by atoms with Crippen LogP contribution < -0.4 is 16.0 Å². The van der Waals surface area contributed by atoms with Crippen molar-refractivity contribution >= 4 is 11.5 Å². The van der Waals surface area contributed by atoms with Crippen LogP contribution in [-0.4, -0.2) is 41.0 Å². The number of nitrogen functional groups attached to an aromatic ring is 1. The van der Waals surface area contributed by atoms with E-state index in [-0.39, 0.29) is 17.4 Å². The average Bonchev–Trinajstić information content (AvgIpc) is 3.22. The molecule has 1 aliphatic rings. The summed E-state index contributed by atoms with van der Waals surface area (Å²) in [4.78, 5) is 16.5. The summed E-state index contributed by atoms with van der Waals surface area (Å²) in [5.74, 6) is 5.62. The number of aromatic nitrogens is 1. The second-order valence-corrected chi connectivity index (χ2v) is 4.51. The van der Waals surface area contributed by atoms with Crippen LogP contribution in [0.5, 0.6) is 5.88 Å². The second-order valence-electron chi connectivity index (χ2n) is 4.51.